The van der Waals surface area contributed by atoms with Crippen molar-refractivity contribution in [3.8, 4) is 0 Å². The van der Waals surface area contributed by atoms with Crippen LogP contribution in [0.1, 0.15) is 11.4 Å². The van der Waals surface area contributed by atoms with Crippen LogP contribution in [0, 0.1) is 0 Å². The second kappa shape index (κ2) is 7.00. The molecule has 0 atom stereocenters. The van der Waals surface area contributed by atoms with Gasteiger partial charge in [-0.05, 0) is 36.4 Å². The molecule has 0 saturated carbocycles. The zero-order valence-electron chi connectivity index (χ0n) is 11.2. The quantitative estimate of drug-likeness (QED) is 0.672. The number of rotatable bonds is 2. The van der Waals surface area contributed by atoms with E-state index in [1.54, 1.807) is 18.3 Å². The van der Waals surface area contributed by atoms with Crippen LogP contribution < -0.4 is 0 Å². The fourth-order valence-corrected chi connectivity index (χ4v) is 1.69. The van der Waals surface area contributed by atoms with Gasteiger partial charge in [0.15, 0.2) is 0 Å². The largest absolute Gasteiger partial charge is 0.257 e. The van der Waals surface area contributed by atoms with Gasteiger partial charge in [0.25, 0.3) is 0 Å². The minimum absolute atomic E-state index is 0.924. The Morgan fingerprint density at radius 2 is 1.50 bits per heavy atom. The maximum absolute atomic E-state index is 4.38. The van der Waals surface area contributed by atoms with Crippen molar-refractivity contribution in [1.29, 1.82) is 0 Å². The van der Waals surface area contributed by atoms with Gasteiger partial charge in [-0.1, -0.05) is 43.5 Å². The molecule has 0 N–H and O–H groups in total. The van der Waals surface area contributed by atoms with E-state index in [4.69, 9.17) is 0 Å². The second-order valence-corrected chi connectivity index (χ2v) is 4.09. The highest BCUT2D eigenvalue weighted by Crippen LogP contribution is 2.11. The van der Waals surface area contributed by atoms with Crippen LogP contribution in [0.2, 0.25) is 0 Å². The fourth-order valence-electron chi connectivity index (χ4n) is 1.69. The molecule has 98 valence electrons. The first-order chi connectivity index (χ1) is 9.83. The third-order valence-electron chi connectivity index (χ3n) is 2.73. The summed E-state index contributed by atoms with van der Waals surface area (Å²) in [5, 5.41) is 1.17. The molecule has 0 spiro atoms. The molecule has 0 aliphatic heterocycles. The summed E-state index contributed by atoms with van der Waals surface area (Å²) in [4.78, 5) is 8.35. The van der Waals surface area contributed by atoms with Gasteiger partial charge in [-0.25, -0.2) is 4.98 Å². The average molecular weight is 260 g/mol. The lowest BCUT2D eigenvalue weighted by atomic mass is 10.2. The third-order valence-corrected chi connectivity index (χ3v) is 2.73. The Hall–Kier alpha value is -2.74. The lowest BCUT2D eigenvalue weighted by Gasteiger charge is -1.96. The molecule has 2 heteroatoms. The van der Waals surface area contributed by atoms with Crippen LogP contribution in [0.15, 0.2) is 74.0 Å². The number of hydrogen-bond donors (Lipinski definition) is 0. The summed E-state index contributed by atoms with van der Waals surface area (Å²) in [5.41, 5.74) is 2.87. The zero-order valence-corrected chi connectivity index (χ0v) is 11.2. The Bertz CT molecular complexity index is 703. The van der Waals surface area contributed by atoms with Crippen molar-refractivity contribution in [2.45, 2.75) is 0 Å². The molecular formula is C18H16N2. The van der Waals surface area contributed by atoms with Crippen molar-refractivity contribution in [3.63, 3.8) is 0 Å². The van der Waals surface area contributed by atoms with Gasteiger partial charge in [-0.15, -0.1) is 0 Å². The SMILES string of the molecule is C=Cc1ccc2ccccc2n1.C=Cc1ccccn1. The minimum atomic E-state index is 0.924. The number of para-hydroxylation sites is 1. The first-order valence-corrected chi connectivity index (χ1v) is 6.35. The Labute approximate surface area is 119 Å². The van der Waals surface area contributed by atoms with E-state index in [0.717, 1.165) is 16.9 Å². The van der Waals surface area contributed by atoms with E-state index in [2.05, 4.69) is 35.3 Å². The zero-order chi connectivity index (χ0) is 14.2. The first-order valence-electron chi connectivity index (χ1n) is 6.35. The van der Waals surface area contributed by atoms with E-state index >= 15 is 0 Å². The number of fused-ring (bicyclic) bond motifs is 1. The third kappa shape index (κ3) is 3.62. The highest BCUT2D eigenvalue weighted by Gasteiger charge is 1.92. The molecule has 2 heterocycles. The molecular weight excluding hydrogens is 244 g/mol. The maximum Gasteiger partial charge on any atom is 0.0709 e. The summed E-state index contributed by atoms with van der Waals surface area (Å²) in [7, 11) is 0. The van der Waals surface area contributed by atoms with E-state index in [1.165, 1.54) is 5.39 Å². The molecule has 0 aliphatic carbocycles. The molecule has 1 aromatic carbocycles. The molecule has 3 aromatic rings. The van der Waals surface area contributed by atoms with Gasteiger partial charge in [-0.2, -0.15) is 0 Å². The van der Waals surface area contributed by atoms with Crippen molar-refractivity contribution < 1.29 is 0 Å². The smallest absolute Gasteiger partial charge is 0.0709 e. The molecule has 3 rings (SSSR count). The summed E-state index contributed by atoms with van der Waals surface area (Å²) >= 11 is 0. The van der Waals surface area contributed by atoms with Crippen LogP contribution in [0.25, 0.3) is 23.1 Å². The summed E-state index contributed by atoms with van der Waals surface area (Å²) in [5.74, 6) is 0. The first kappa shape index (κ1) is 13.7. The van der Waals surface area contributed by atoms with E-state index in [-0.39, 0.29) is 0 Å². The Balaban J connectivity index is 0.000000160. The van der Waals surface area contributed by atoms with Crippen LogP contribution in [-0.4, -0.2) is 9.97 Å². The van der Waals surface area contributed by atoms with Crippen LogP contribution in [0.5, 0.6) is 0 Å². The van der Waals surface area contributed by atoms with Crippen LogP contribution in [0.3, 0.4) is 0 Å². The molecule has 0 aliphatic rings. The number of nitrogens with zero attached hydrogens (tertiary/aromatic N) is 2. The topological polar surface area (TPSA) is 25.8 Å². The van der Waals surface area contributed by atoms with Crippen molar-refractivity contribution in [1.82, 2.24) is 9.97 Å². The number of hydrogen-bond acceptors (Lipinski definition) is 2. The van der Waals surface area contributed by atoms with Crippen LogP contribution in [0.4, 0.5) is 0 Å². The maximum atomic E-state index is 4.38. The molecule has 0 amide bonds. The molecule has 0 bridgehead atoms. The number of pyridine rings is 2. The molecule has 0 radical (unpaired) electrons. The number of benzene rings is 1. The standard InChI is InChI=1S/C11H9N.C7H7N/c1-2-10-8-7-9-5-3-4-6-11(9)12-10;1-2-7-5-3-4-6-8-7/h2-8H,1H2;2-6H,1H2. The average Bonchev–Trinajstić information content (AvgIpc) is 2.55. The monoisotopic (exact) mass is 260 g/mol. The predicted molar refractivity (Wildman–Crippen MR) is 86.2 cm³/mol. The Morgan fingerprint density at radius 1 is 0.750 bits per heavy atom. The van der Waals surface area contributed by atoms with Crippen molar-refractivity contribution in [3.05, 3.63) is 85.3 Å². The van der Waals surface area contributed by atoms with E-state index in [9.17, 15) is 0 Å². The van der Waals surface area contributed by atoms with E-state index in [1.807, 2.05) is 42.5 Å². The van der Waals surface area contributed by atoms with Gasteiger partial charge in [-0.3, -0.25) is 4.98 Å². The molecule has 2 nitrogen and oxygen atoms in total. The van der Waals surface area contributed by atoms with E-state index < -0.39 is 0 Å². The summed E-state index contributed by atoms with van der Waals surface area (Å²) in [6, 6.07) is 17.8. The van der Waals surface area contributed by atoms with Gasteiger partial charge < -0.3 is 0 Å². The molecule has 0 unspecified atom stereocenters. The summed E-state index contributed by atoms with van der Waals surface area (Å²) in [6.07, 6.45) is 5.23. The Kier molecular flexibility index (Phi) is 4.79. The number of aromatic nitrogens is 2. The summed E-state index contributed by atoms with van der Waals surface area (Å²) < 4.78 is 0. The van der Waals surface area contributed by atoms with Gasteiger partial charge in [0.2, 0.25) is 0 Å². The highest BCUT2D eigenvalue weighted by atomic mass is 14.7. The fraction of sp³-hybridized carbons (Fsp3) is 0. The van der Waals surface area contributed by atoms with Crippen molar-refractivity contribution in [2.75, 3.05) is 0 Å². The van der Waals surface area contributed by atoms with Crippen LogP contribution >= 0.6 is 0 Å². The lowest BCUT2D eigenvalue weighted by Crippen LogP contribution is -1.81. The molecule has 0 saturated heterocycles. The molecule has 0 fully saturated rings. The molecule has 2 aromatic heterocycles. The van der Waals surface area contributed by atoms with Gasteiger partial charge >= 0.3 is 0 Å². The van der Waals surface area contributed by atoms with Crippen LogP contribution in [-0.2, 0) is 0 Å². The highest BCUT2D eigenvalue weighted by molar-refractivity contribution is 5.79. The normalized spacial score (nSPS) is 9.40. The van der Waals surface area contributed by atoms with Gasteiger partial charge in [0.05, 0.1) is 16.9 Å². The lowest BCUT2D eigenvalue weighted by molar-refractivity contribution is 1.30. The van der Waals surface area contributed by atoms with Gasteiger partial charge in [0, 0.05) is 11.6 Å². The minimum Gasteiger partial charge on any atom is -0.257 e. The van der Waals surface area contributed by atoms with Gasteiger partial charge in [0.1, 0.15) is 0 Å². The second-order valence-electron chi connectivity index (χ2n) is 4.09. The van der Waals surface area contributed by atoms with Crippen molar-refractivity contribution in [2.24, 2.45) is 0 Å². The molecule has 20 heavy (non-hydrogen) atoms. The summed E-state index contributed by atoms with van der Waals surface area (Å²) in [6.45, 7) is 7.24. The van der Waals surface area contributed by atoms with E-state index in [0.29, 0.717) is 0 Å². The van der Waals surface area contributed by atoms with Crippen molar-refractivity contribution >= 4 is 23.1 Å². The predicted octanol–water partition coefficient (Wildman–Crippen LogP) is 4.60. The Morgan fingerprint density at radius 3 is 2.15 bits per heavy atom.